The minimum atomic E-state index is -3.87. The maximum Gasteiger partial charge on any atom is 0.262 e. The summed E-state index contributed by atoms with van der Waals surface area (Å²) in [7, 11) is -2.45. The molecule has 2 aromatic rings. The van der Waals surface area contributed by atoms with Gasteiger partial charge in [0.05, 0.1) is 17.7 Å². The molecule has 24 heavy (non-hydrogen) atoms. The van der Waals surface area contributed by atoms with Crippen LogP contribution in [0.1, 0.15) is 12.5 Å². The monoisotopic (exact) mass is 368 g/mol. The number of ether oxygens (including phenoxy) is 1. The number of hydrogen-bond donors (Lipinski definition) is 2. The first-order valence-corrected chi connectivity index (χ1v) is 8.84. The van der Waals surface area contributed by atoms with Gasteiger partial charge in [-0.05, 0) is 42.8 Å². The predicted octanol–water partition coefficient (Wildman–Crippen LogP) is 3.42. The molecule has 0 radical (unpaired) electrons. The number of amides is 1. The molecule has 0 spiro atoms. The second-order valence-electron chi connectivity index (χ2n) is 5.06. The van der Waals surface area contributed by atoms with Crippen molar-refractivity contribution in [1.29, 1.82) is 0 Å². The summed E-state index contributed by atoms with van der Waals surface area (Å²) in [5, 5.41) is 2.95. The van der Waals surface area contributed by atoms with E-state index in [-0.39, 0.29) is 16.5 Å². The minimum Gasteiger partial charge on any atom is -0.495 e. The molecule has 1 amide bonds. The normalized spacial score (nSPS) is 11.0. The second kappa shape index (κ2) is 7.11. The average molecular weight is 369 g/mol. The first kappa shape index (κ1) is 18.1. The summed E-state index contributed by atoms with van der Waals surface area (Å²) in [6.07, 6.45) is 0. The van der Waals surface area contributed by atoms with Crippen LogP contribution in [0.3, 0.4) is 0 Å². The van der Waals surface area contributed by atoms with Crippen LogP contribution in [0, 0.1) is 6.92 Å². The highest BCUT2D eigenvalue weighted by molar-refractivity contribution is 7.92. The third-order valence-corrected chi connectivity index (χ3v) is 5.19. The highest BCUT2D eigenvalue weighted by Gasteiger charge is 2.20. The zero-order valence-electron chi connectivity index (χ0n) is 13.4. The molecule has 0 saturated carbocycles. The molecular formula is C16H17ClN2O4S. The molecule has 0 atom stereocenters. The van der Waals surface area contributed by atoms with E-state index in [1.54, 1.807) is 31.2 Å². The van der Waals surface area contributed by atoms with Gasteiger partial charge in [0.2, 0.25) is 5.91 Å². The topological polar surface area (TPSA) is 84.5 Å². The molecule has 128 valence electrons. The highest BCUT2D eigenvalue weighted by Crippen LogP contribution is 2.31. The van der Waals surface area contributed by atoms with E-state index in [0.29, 0.717) is 22.0 Å². The SMILES string of the molecule is COc1ccc(NC(C)=O)cc1NS(=O)(=O)c1cccc(Cl)c1C. The standard InChI is InChI=1S/C16H17ClN2O4S/c1-10-13(17)5-4-6-16(10)24(21,22)19-14-9-12(18-11(2)20)7-8-15(14)23-3/h4-9,19H,1-3H3,(H,18,20). The van der Waals surface area contributed by atoms with Crippen molar-refractivity contribution in [3.05, 3.63) is 47.0 Å². The average Bonchev–Trinajstić information content (AvgIpc) is 2.49. The molecule has 8 heteroatoms. The summed E-state index contributed by atoms with van der Waals surface area (Å²) in [5.74, 6) is 0.0621. The summed E-state index contributed by atoms with van der Waals surface area (Å²) < 4.78 is 33.0. The molecule has 0 saturated heterocycles. The van der Waals surface area contributed by atoms with E-state index in [4.69, 9.17) is 16.3 Å². The van der Waals surface area contributed by atoms with Crippen LogP contribution in [0.4, 0.5) is 11.4 Å². The van der Waals surface area contributed by atoms with Gasteiger partial charge in [-0.15, -0.1) is 0 Å². The van der Waals surface area contributed by atoms with Crippen molar-refractivity contribution < 1.29 is 17.9 Å². The lowest BCUT2D eigenvalue weighted by Crippen LogP contribution is -2.15. The van der Waals surface area contributed by atoms with Gasteiger partial charge in [0.25, 0.3) is 10.0 Å². The van der Waals surface area contributed by atoms with Crippen LogP contribution in [0.5, 0.6) is 5.75 Å². The zero-order chi connectivity index (χ0) is 17.9. The van der Waals surface area contributed by atoms with Crippen molar-refractivity contribution >= 4 is 38.9 Å². The van der Waals surface area contributed by atoms with Gasteiger partial charge < -0.3 is 10.1 Å². The molecule has 0 fully saturated rings. The number of methoxy groups -OCH3 is 1. The number of anilines is 2. The van der Waals surface area contributed by atoms with Gasteiger partial charge in [-0.1, -0.05) is 17.7 Å². The Balaban J connectivity index is 2.45. The van der Waals surface area contributed by atoms with Crippen molar-refractivity contribution in [3.63, 3.8) is 0 Å². The van der Waals surface area contributed by atoms with E-state index in [1.807, 2.05) is 0 Å². The van der Waals surface area contributed by atoms with E-state index in [1.165, 1.54) is 26.2 Å². The molecule has 6 nitrogen and oxygen atoms in total. The van der Waals surface area contributed by atoms with Gasteiger partial charge in [-0.25, -0.2) is 8.42 Å². The fraction of sp³-hybridized carbons (Fsp3) is 0.188. The third-order valence-electron chi connectivity index (χ3n) is 3.27. The maximum absolute atomic E-state index is 12.7. The second-order valence-corrected chi connectivity index (χ2v) is 7.12. The fourth-order valence-corrected chi connectivity index (χ4v) is 3.71. The summed E-state index contributed by atoms with van der Waals surface area (Å²) >= 11 is 6.00. The van der Waals surface area contributed by atoms with Crippen LogP contribution in [0.2, 0.25) is 5.02 Å². The Morgan fingerprint density at radius 1 is 1.21 bits per heavy atom. The molecule has 0 aliphatic carbocycles. The molecule has 0 bridgehead atoms. The van der Waals surface area contributed by atoms with E-state index in [2.05, 4.69) is 10.0 Å². The van der Waals surface area contributed by atoms with Crippen LogP contribution in [-0.2, 0) is 14.8 Å². The van der Waals surface area contributed by atoms with Crippen LogP contribution < -0.4 is 14.8 Å². The van der Waals surface area contributed by atoms with Gasteiger partial charge >= 0.3 is 0 Å². The molecule has 0 aromatic heterocycles. The van der Waals surface area contributed by atoms with E-state index < -0.39 is 10.0 Å². The minimum absolute atomic E-state index is 0.0713. The van der Waals surface area contributed by atoms with E-state index in [9.17, 15) is 13.2 Å². The lowest BCUT2D eigenvalue weighted by molar-refractivity contribution is -0.114. The number of benzene rings is 2. The maximum atomic E-state index is 12.7. The fourth-order valence-electron chi connectivity index (χ4n) is 2.15. The van der Waals surface area contributed by atoms with Gasteiger partial charge in [0.15, 0.2) is 0 Å². The third kappa shape index (κ3) is 3.98. The number of sulfonamides is 1. The first-order chi connectivity index (χ1) is 11.2. The van der Waals surface area contributed by atoms with E-state index >= 15 is 0 Å². The zero-order valence-corrected chi connectivity index (χ0v) is 15.0. The van der Waals surface area contributed by atoms with Crippen molar-refractivity contribution in [2.24, 2.45) is 0 Å². The van der Waals surface area contributed by atoms with Crippen LogP contribution in [0.15, 0.2) is 41.3 Å². The molecule has 2 aromatic carbocycles. The Labute approximate surface area is 145 Å². The van der Waals surface area contributed by atoms with Crippen molar-refractivity contribution in [2.75, 3.05) is 17.1 Å². The number of nitrogens with one attached hydrogen (secondary N) is 2. The lowest BCUT2D eigenvalue weighted by atomic mass is 10.2. The summed E-state index contributed by atoms with van der Waals surface area (Å²) in [6.45, 7) is 2.99. The highest BCUT2D eigenvalue weighted by atomic mass is 35.5. The molecule has 0 aliphatic heterocycles. The number of rotatable bonds is 5. The number of halogens is 1. The van der Waals surface area contributed by atoms with Crippen molar-refractivity contribution in [1.82, 2.24) is 0 Å². The van der Waals surface area contributed by atoms with Crippen LogP contribution in [0.25, 0.3) is 0 Å². The predicted molar refractivity (Wildman–Crippen MR) is 94.3 cm³/mol. The van der Waals surface area contributed by atoms with Gasteiger partial charge in [-0.2, -0.15) is 0 Å². The Morgan fingerprint density at radius 2 is 1.92 bits per heavy atom. The lowest BCUT2D eigenvalue weighted by Gasteiger charge is -2.15. The Morgan fingerprint density at radius 3 is 2.54 bits per heavy atom. The van der Waals surface area contributed by atoms with E-state index in [0.717, 1.165) is 0 Å². The smallest absolute Gasteiger partial charge is 0.262 e. The van der Waals surface area contributed by atoms with Crippen molar-refractivity contribution in [2.45, 2.75) is 18.7 Å². The first-order valence-electron chi connectivity index (χ1n) is 6.98. The van der Waals surface area contributed by atoms with Crippen LogP contribution in [-0.4, -0.2) is 21.4 Å². The van der Waals surface area contributed by atoms with Gasteiger partial charge in [-0.3, -0.25) is 9.52 Å². The Kier molecular flexibility index (Phi) is 5.36. The number of carbonyl (C=O) groups is 1. The molecular weight excluding hydrogens is 352 g/mol. The summed E-state index contributed by atoms with van der Waals surface area (Å²) in [4.78, 5) is 11.2. The largest absolute Gasteiger partial charge is 0.495 e. The molecule has 0 unspecified atom stereocenters. The molecule has 2 rings (SSSR count). The van der Waals surface area contributed by atoms with Gasteiger partial charge in [0, 0.05) is 17.6 Å². The number of hydrogen-bond acceptors (Lipinski definition) is 4. The van der Waals surface area contributed by atoms with Crippen molar-refractivity contribution in [3.8, 4) is 5.75 Å². The Hall–Kier alpha value is -2.25. The Bertz CT molecular complexity index is 882. The summed E-state index contributed by atoms with van der Waals surface area (Å²) in [6, 6.07) is 9.31. The summed E-state index contributed by atoms with van der Waals surface area (Å²) in [5.41, 5.74) is 1.11. The molecule has 2 N–H and O–H groups in total. The molecule has 0 aliphatic rings. The number of carbonyl (C=O) groups excluding carboxylic acids is 1. The quantitative estimate of drug-likeness (QED) is 0.846. The van der Waals surface area contributed by atoms with Gasteiger partial charge in [0.1, 0.15) is 5.75 Å². The van der Waals surface area contributed by atoms with Crippen LogP contribution >= 0.6 is 11.6 Å². The molecule has 0 heterocycles.